The van der Waals surface area contributed by atoms with Crippen molar-refractivity contribution in [3.05, 3.63) is 63.8 Å². The molecule has 4 heterocycles. The van der Waals surface area contributed by atoms with E-state index in [2.05, 4.69) is 29.9 Å². The van der Waals surface area contributed by atoms with Crippen LogP contribution in [-0.2, 0) is 19.6 Å². The summed E-state index contributed by atoms with van der Waals surface area (Å²) in [7, 11) is 0. The van der Waals surface area contributed by atoms with E-state index >= 15 is 0 Å². The van der Waals surface area contributed by atoms with Gasteiger partial charge in [-0.25, -0.2) is 0 Å². The van der Waals surface area contributed by atoms with Crippen LogP contribution in [0.5, 0.6) is 0 Å². The number of allylic oxidation sites excluding steroid dienone is 1. The third-order valence-electron chi connectivity index (χ3n) is 5.24. The molecule has 0 saturated carbocycles. The Balaban J connectivity index is 1.69. The average Bonchev–Trinajstić information content (AvgIpc) is 3.29. The number of aromatic nitrogens is 4. The van der Waals surface area contributed by atoms with Gasteiger partial charge in [-0.3, -0.25) is 9.55 Å². The third-order valence-corrected chi connectivity index (χ3v) is 6.66. The van der Waals surface area contributed by atoms with Crippen LogP contribution in [0.25, 0.3) is 11.4 Å². The van der Waals surface area contributed by atoms with Crippen molar-refractivity contribution in [3.63, 3.8) is 0 Å². The molecule has 0 aliphatic carbocycles. The second-order valence-electron chi connectivity index (χ2n) is 6.82. The van der Waals surface area contributed by atoms with Gasteiger partial charge in [0.25, 0.3) is 0 Å². The predicted octanol–water partition coefficient (Wildman–Crippen LogP) is 3.27. The quantitative estimate of drug-likeness (QED) is 0.512. The van der Waals surface area contributed by atoms with Gasteiger partial charge in [0.15, 0.2) is 12.5 Å². The predicted molar refractivity (Wildman–Crippen MR) is 111 cm³/mol. The van der Waals surface area contributed by atoms with E-state index in [9.17, 15) is 0 Å². The lowest BCUT2D eigenvalue weighted by atomic mass is 9.98. The van der Waals surface area contributed by atoms with Crippen molar-refractivity contribution in [1.29, 1.82) is 0 Å². The molecule has 7 heteroatoms. The molecule has 0 bridgehead atoms. The summed E-state index contributed by atoms with van der Waals surface area (Å²) >= 11 is 7.65. The molecule has 0 saturated heterocycles. The number of thiophene rings is 1. The zero-order valence-electron chi connectivity index (χ0n) is 15.5. The van der Waals surface area contributed by atoms with Crippen molar-refractivity contribution in [1.82, 2.24) is 19.3 Å². The SMILES string of the molecule is C=CCn1c(-c2cccnc2)nn(C[NH+]2CCc3sccc3[C@@H]2CC)c1=S. The van der Waals surface area contributed by atoms with Gasteiger partial charge in [0.05, 0.1) is 6.54 Å². The number of nitrogens with zero attached hydrogens (tertiary/aromatic N) is 4. The first-order valence-corrected chi connectivity index (χ1v) is 10.6. The van der Waals surface area contributed by atoms with Gasteiger partial charge >= 0.3 is 0 Å². The van der Waals surface area contributed by atoms with Crippen LogP contribution in [0.1, 0.15) is 29.8 Å². The normalized spacial score (nSPS) is 19.0. The van der Waals surface area contributed by atoms with Crippen LogP contribution in [0.15, 0.2) is 48.6 Å². The Hall–Kier alpha value is -2.09. The second kappa shape index (κ2) is 7.88. The van der Waals surface area contributed by atoms with Gasteiger partial charge in [0.2, 0.25) is 4.77 Å². The molecule has 140 valence electrons. The largest absolute Gasteiger partial charge is 0.310 e. The molecule has 1 aliphatic rings. The summed E-state index contributed by atoms with van der Waals surface area (Å²) in [5, 5.41) is 7.10. The molecule has 0 aromatic carbocycles. The lowest BCUT2D eigenvalue weighted by Crippen LogP contribution is -3.12. The fourth-order valence-electron chi connectivity index (χ4n) is 3.97. The molecule has 1 unspecified atom stereocenters. The maximum atomic E-state index is 5.77. The summed E-state index contributed by atoms with van der Waals surface area (Å²) in [5.41, 5.74) is 2.48. The minimum absolute atomic E-state index is 0.508. The molecule has 0 radical (unpaired) electrons. The highest BCUT2D eigenvalue weighted by molar-refractivity contribution is 7.71. The smallest absolute Gasteiger partial charge is 0.203 e. The molecule has 27 heavy (non-hydrogen) atoms. The Bertz CT molecular complexity index is 985. The molecule has 0 amide bonds. The highest BCUT2D eigenvalue weighted by atomic mass is 32.1. The van der Waals surface area contributed by atoms with Gasteiger partial charge < -0.3 is 4.90 Å². The minimum atomic E-state index is 0.508. The van der Waals surface area contributed by atoms with E-state index in [0.717, 1.165) is 42.2 Å². The van der Waals surface area contributed by atoms with Gasteiger partial charge in [-0.05, 0) is 35.8 Å². The molecule has 0 fully saturated rings. The zero-order chi connectivity index (χ0) is 18.8. The first kappa shape index (κ1) is 18.3. The Morgan fingerprint density at radius 1 is 1.44 bits per heavy atom. The molecular formula is C20H24N5S2+. The monoisotopic (exact) mass is 398 g/mol. The van der Waals surface area contributed by atoms with Crippen LogP contribution in [-0.4, -0.2) is 25.9 Å². The fourth-order valence-corrected chi connectivity index (χ4v) is 5.18. The number of quaternary nitrogens is 1. The van der Waals surface area contributed by atoms with Crippen LogP contribution >= 0.6 is 23.6 Å². The maximum Gasteiger partial charge on any atom is 0.203 e. The summed E-state index contributed by atoms with van der Waals surface area (Å²) in [4.78, 5) is 7.31. The average molecular weight is 399 g/mol. The summed E-state index contributed by atoms with van der Waals surface area (Å²) in [6.07, 6.45) is 7.72. The molecule has 3 aromatic heterocycles. The van der Waals surface area contributed by atoms with Crippen LogP contribution in [0, 0.1) is 4.77 Å². The van der Waals surface area contributed by atoms with Crippen LogP contribution in [0.4, 0.5) is 0 Å². The highest BCUT2D eigenvalue weighted by Gasteiger charge is 2.31. The number of pyridine rings is 1. The molecule has 1 N–H and O–H groups in total. The number of fused-ring (bicyclic) bond motifs is 1. The van der Waals surface area contributed by atoms with Crippen LogP contribution in [0.3, 0.4) is 0 Å². The summed E-state index contributed by atoms with van der Waals surface area (Å²) in [6.45, 7) is 8.69. The van der Waals surface area contributed by atoms with Gasteiger partial charge in [-0.15, -0.1) is 23.0 Å². The van der Waals surface area contributed by atoms with Gasteiger partial charge in [0.1, 0.15) is 6.04 Å². The Labute approximate surface area is 168 Å². The van der Waals surface area contributed by atoms with Crippen LogP contribution < -0.4 is 4.90 Å². The van der Waals surface area contributed by atoms with Gasteiger partial charge in [0, 0.05) is 47.8 Å². The molecule has 5 nitrogen and oxygen atoms in total. The van der Waals surface area contributed by atoms with Crippen molar-refractivity contribution >= 4 is 23.6 Å². The minimum Gasteiger partial charge on any atom is -0.310 e. The molecule has 0 spiro atoms. The fraction of sp³-hybridized carbons (Fsp3) is 0.350. The molecule has 2 atom stereocenters. The third kappa shape index (κ3) is 3.42. The summed E-state index contributed by atoms with van der Waals surface area (Å²) in [5.74, 6) is 0.855. The second-order valence-corrected chi connectivity index (χ2v) is 8.19. The van der Waals surface area contributed by atoms with E-state index in [1.165, 1.54) is 10.5 Å². The van der Waals surface area contributed by atoms with Crippen molar-refractivity contribution in [3.8, 4) is 11.4 Å². The van der Waals surface area contributed by atoms with E-state index in [1.54, 1.807) is 11.1 Å². The number of rotatable bonds is 6. The van der Waals surface area contributed by atoms with Gasteiger partial charge in [-0.2, -0.15) is 4.68 Å². The van der Waals surface area contributed by atoms with Crippen molar-refractivity contribution in [2.45, 2.75) is 39.0 Å². The van der Waals surface area contributed by atoms with Crippen LogP contribution in [0.2, 0.25) is 0 Å². The Kier molecular flexibility index (Phi) is 5.33. The number of nitrogens with one attached hydrogen (secondary N) is 1. The van der Waals surface area contributed by atoms with E-state index < -0.39 is 0 Å². The molecule has 3 aromatic rings. The number of hydrogen-bond acceptors (Lipinski definition) is 4. The molecule has 4 rings (SSSR count). The summed E-state index contributed by atoms with van der Waals surface area (Å²) in [6, 6.07) is 6.75. The van der Waals surface area contributed by atoms with Crippen molar-refractivity contribution in [2.24, 2.45) is 0 Å². The topological polar surface area (TPSA) is 40.1 Å². The van der Waals surface area contributed by atoms with E-state index in [1.807, 2.05) is 45.0 Å². The Morgan fingerprint density at radius 3 is 3.07 bits per heavy atom. The maximum absolute atomic E-state index is 5.77. The van der Waals surface area contributed by atoms with E-state index in [4.69, 9.17) is 17.3 Å². The zero-order valence-corrected chi connectivity index (χ0v) is 17.1. The van der Waals surface area contributed by atoms with Crippen molar-refractivity contribution < 1.29 is 4.90 Å². The molecular weight excluding hydrogens is 374 g/mol. The van der Waals surface area contributed by atoms with Crippen molar-refractivity contribution in [2.75, 3.05) is 6.54 Å². The van der Waals surface area contributed by atoms with Gasteiger partial charge in [-0.1, -0.05) is 13.0 Å². The lowest BCUT2D eigenvalue weighted by molar-refractivity contribution is -0.956. The highest BCUT2D eigenvalue weighted by Crippen LogP contribution is 2.27. The molecule has 1 aliphatic heterocycles. The summed E-state index contributed by atoms with van der Waals surface area (Å²) < 4.78 is 4.77. The Morgan fingerprint density at radius 2 is 2.33 bits per heavy atom. The lowest BCUT2D eigenvalue weighted by Gasteiger charge is -2.31. The standard InChI is InChI=1S/C20H23N5S2/c1-3-10-24-19(15-6-5-9-21-13-15)22-25(20(24)26)14-23-11-7-18-16(8-12-27-18)17(23)4-2/h3,5-6,8-9,12-13,17H,1,4,7,10-11,14H2,2H3/p+1/t17-/m0/s1. The first-order chi connectivity index (χ1) is 13.2. The number of hydrogen-bond donors (Lipinski definition) is 1. The first-order valence-electron chi connectivity index (χ1n) is 9.32. The van der Waals surface area contributed by atoms with E-state index in [-0.39, 0.29) is 0 Å². The van der Waals surface area contributed by atoms with E-state index in [0.29, 0.717) is 12.6 Å².